The molecule has 3 aromatic carbocycles. The second-order valence-corrected chi connectivity index (χ2v) is 9.00. The van der Waals surface area contributed by atoms with Crippen LogP contribution in [0.4, 0.5) is 0 Å². The van der Waals surface area contributed by atoms with Gasteiger partial charge in [-0.05, 0) is 55.8 Å². The van der Waals surface area contributed by atoms with Gasteiger partial charge in [0.25, 0.3) is 11.8 Å². The maximum absolute atomic E-state index is 13.2. The minimum absolute atomic E-state index is 0.0310. The molecule has 0 aliphatic carbocycles. The van der Waals surface area contributed by atoms with Gasteiger partial charge in [-0.3, -0.25) is 9.59 Å². The van der Waals surface area contributed by atoms with Crippen molar-refractivity contribution in [2.75, 3.05) is 7.05 Å². The van der Waals surface area contributed by atoms with Crippen LogP contribution in [0.5, 0.6) is 0 Å². The van der Waals surface area contributed by atoms with Crippen LogP contribution >= 0.6 is 11.6 Å². The van der Waals surface area contributed by atoms with Gasteiger partial charge in [0.05, 0.1) is 11.3 Å². The number of amides is 2. The number of hydrogen-bond acceptors (Lipinski definition) is 3. The number of para-hydroxylation sites is 1. The summed E-state index contributed by atoms with van der Waals surface area (Å²) in [6.45, 7) is 4.27. The first-order valence-corrected chi connectivity index (χ1v) is 11.8. The van der Waals surface area contributed by atoms with E-state index in [0.717, 1.165) is 16.8 Å². The molecule has 35 heavy (non-hydrogen) atoms. The Morgan fingerprint density at radius 1 is 0.971 bits per heavy atom. The van der Waals surface area contributed by atoms with Crippen LogP contribution in [0.25, 0.3) is 16.9 Å². The number of nitrogens with zero attached hydrogens (tertiary/aromatic N) is 3. The van der Waals surface area contributed by atoms with Gasteiger partial charge in [-0.25, -0.2) is 4.68 Å². The Bertz CT molecular complexity index is 1310. The molecular weight excluding hydrogens is 460 g/mol. The second-order valence-electron chi connectivity index (χ2n) is 8.57. The van der Waals surface area contributed by atoms with Crippen LogP contribution in [-0.4, -0.2) is 39.6 Å². The maximum atomic E-state index is 13.2. The van der Waals surface area contributed by atoms with E-state index >= 15 is 0 Å². The molecule has 0 atom stereocenters. The Morgan fingerprint density at radius 2 is 1.63 bits per heavy atom. The Morgan fingerprint density at radius 3 is 2.26 bits per heavy atom. The lowest BCUT2D eigenvalue weighted by atomic mass is 10.1. The molecule has 7 heteroatoms. The van der Waals surface area contributed by atoms with Crippen LogP contribution in [0.15, 0.2) is 85.1 Å². The topological polar surface area (TPSA) is 67.2 Å². The van der Waals surface area contributed by atoms with Crippen molar-refractivity contribution in [3.8, 4) is 16.9 Å². The highest BCUT2D eigenvalue weighted by Gasteiger charge is 2.19. The van der Waals surface area contributed by atoms with Crippen LogP contribution in [0.2, 0.25) is 5.02 Å². The van der Waals surface area contributed by atoms with Crippen molar-refractivity contribution >= 4 is 23.4 Å². The second kappa shape index (κ2) is 10.6. The molecule has 0 bridgehead atoms. The van der Waals surface area contributed by atoms with E-state index in [-0.39, 0.29) is 17.9 Å². The van der Waals surface area contributed by atoms with Crippen molar-refractivity contribution < 1.29 is 9.59 Å². The Hall–Kier alpha value is -3.90. The first-order chi connectivity index (χ1) is 16.8. The zero-order valence-corrected chi connectivity index (χ0v) is 20.7. The van der Waals surface area contributed by atoms with E-state index in [9.17, 15) is 9.59 Å². The molecule has 2 amide bonds. The number of aromatic nitrogens is 2. The lowest BCUT2D eigenvalue weighted by molar-refractivity contribution is 0.0754. The molecule has 4 rings (SSSR count). The molecule has 0 aliphatic rings. The van der Waals surface area contributed by atoms with Gasteiger partial charge in [0, 0.05) is 42.0 Å². The van der Waals surface area contributed by atoms with Crippen LogP contribution in [0, 0.1) is 0 Å². The molecule has 178 valence electrons. The Kier molecular flexibility index (Phi) is 7.32. The van der Waals surface area contributed by atoms with Crippen LogP contribution in [0.1, 0.15) is 40.1 Å². The molecule has 4 aromatic rings. The minimum atomic E-state index is -0.239. The number of carbonyl (C=O) groups excluding carboxylic acids is 2. The van der Waals surface area contributed by atoms with Crippen molar-refractivity contribution in [3.63, 3.8) is 0 Å². The number of benzene rings is 3. The SMILES string of the molecule is CC(C)N(C)C(=O)c1ccc(CNC(=O)c2cn(-c3ccccc3)nc2-c2ccc(Cl)cc2)cc1. The van der Waals surface area contributed by atoms with Crippen molar-refractivity contribution in [2.24, 2.45) is 0 Å². The van der Waals surface area contributed by atoms with Gasteiger partial charge in [0.15, 0.2) is 0 Å². The van der Waals surface area contributed by atoms with Gasteiger partial charge in [0.2, 0.25) is 0 Å². The maximum Gasteiger partial charge on any atom is 0.255 e. The fourth-order valence-corrected chi connectivity index (χ4v) is 3.68. The van der Waals surface area contributed by atoms with E-state index in [4.69, 9.17) is 11.6 Å². The van der Waals surface area contributed by atoms with E-state index in [1.807, 2.05) is 68.4 Å². The van der Waals surface area contributed by atoms with E-state index < -0.39 is 0 Å². The van der Waals surface area contributed by atoms with Crippen molar-refractivity contribution in [3.05, 3.63) is 107 Å². The van der Waals surface area contributed by atoms with Gasteiger partial charge in [-0.15, -0.1) is 0 Å². The van der Waals surface area contributed by atoms with E-state index in [1.165, 1.54) is 0 Å². The summed E-state index contributed by atoms with van der Waals surface area (Å²) in [5.74, 6) is -0.270. The van der Waals surface area contributed by atoms with Gasteiger partial charge in [-0.1, -0.05) is 54.1 Å². The summed E-state index contributed by atoms with van der Waals surface area (Å²) in [5, 5.41) is 8.28. The van der Waals surface area contributed by atoms with Crippen LogP contribution in [0.3, 0.4) is 0 Å². The monoisotopic (exact) mass is 486 g/mol. The van der Waals surface area contributed by atoms with Gasteiger partial charge < -0.3 is 10.2 Å². The summed E-state index contributed by atoms with van der Waals surface area (Å²) in [4.78, 5) is 27.4. The molecule has 0 radical (unpaired) electrons. The highest BCUT2D eigenvalue weighted by atomic mass is 35.5. The molecular formula is C28H27ClN4O2. The summed E-state index contributed by atoms with van der Waals surface area (Å²) in [6, 6.07) is 24.3. The summed E-state index contributed by atoms with van der Waals surface area (Å²) in [7, 11) is 1.79. The van der Waals surface area contributed by atoms with E-state index in [1.54, 1.807) is 47.1 Å². The normalized spacial score (nSPS) is 10.9. The van der Waals surface area contributed by atoms with Crippen LogP contribution < -0.4 is 5.32 Å². The minimum Gasteiger partial charge on any atom is -0.348 e. The molecule has 0 saturated carbocycles. The van der Waals surface area contributed by atoms with Crippen molar-refractivity contribution in [2.45, 2.75) is 26.4 Å². The first-order valence-electron chi connectivity index (χ1n) is 11.4. The van der Waals surface area contributed by atoms with E-state index in [2.05, 4.69) is 10.4 Å². The molecule has 1 N–H and O–H groups in total. The van der Waals surface area contributed by atoms with Gasteiger partial charge in [-0.2, -0.15) is 5.10 Å². The van der Waals surface area contributed by atoms with Gasteiger partial charge in [0.1, 0.15) is 5.69 Å². The van der Waals surface area contributed by atoms with E-state index in [0.29, 0.717) is 28.4 Å². The third kappa shape index (κ3) is 5.61. The molecule has 1 heterocycles. The lowest BCUT2D eigenvalue weighted by Gasteiger charge is -2.21. The predicted molar refractivity (Wildman–Crippen MR) is 139 cm³/mol. The smallest absolute Gasteiger partial charge is 0.255 e. The van der Waals surface area contributed by atoms with Crippen LogP contribution in [-0.2, 0) is 6.54 Å². The molecule has 0 fully saturated rings. The molecule has 0 aliphatic heterocycles. The summed E-state index contributed by atoms with van der Waals surface area (Å²) < 4.78 is 1.70. The molecule has 0 unspecified atom stereocenters. The Labute approximate surface area is 210 Å². The standard InChI is InChI=1S/C28H27ClN4O2/c1-19(2)32(3)28(35)22-11-9-20(10-12-22)17-30-27(34)25-18-33(24-7-5-4-6-8-24)31-26(25)21-13-15-23(29)16-14-21/h4-16,18-19H,17H2,1-3H3,(H,30,34). The predicted octanol–water partition coefficient (Wildman–Crippen LogP) is 5.60. The molecule has 0 spiro atoms. The average Bonchev–Trinajstić information content (AvgIpc) is 3.33. The number of hydrogen-bond donors (Lipinski definition) is 1. The molecule has 6 nitrogen and oxygen atoms in total. The number of rotatable bonds is 7. The van der Waals surface area contributed by atoms with Crippen molar-refractivity contribution in [1.29, 1.82) is 0 Å². The Balaban J connectivity index is 1.54. The summed E-state index contributed by atoms with van der Waals surface area (Å²) in [6.07, 6.45) is 1.73. The molecule has 0 saturated heterocycles. The quantitative estimate of drug-likeness (QED) is 0.369. The zero-order valence-electron chi connectivity index (χ0n) is 19.9. The summed E-state index contributed by atoms with van der Waals surface area (Å²) in [5.41, 5.74) is 4.19. The lowest BCUT2D eigenvalue weighted by Crippen LogP contribution is -2.32. The van der Waals surface area contributed by atoms with Crippen molar-refractivity contribution in [1.82, 2.24) is 20.0 Å². The number of halogens is 1. The zero-order chi connectivity index (χ0) is 24.9. The third-order valence-electron chi connectivity index (χ3n) is 5.85. The largest absolute Gasteiger partial charge is 0.348 e. The third-order valence-corrected chi connectivity index (χ3v) is 6.10. The van der Waals surface area contributed by atoms with Gasteiger partial charge >= 0.3 is 0 Å². The highest BCUT2D eigenvalue weighted by Crippen LogP contribution is 2.25. The number of carbonyl (C=O) groups is 2. The first kappa shape index (κ1) is 24.2. The fourth-order valence-electron chi connectivity index (χ4n) is 3.55. The highest BCUT2D eigenvalue weighted by molar-refractivity contribution is 6.30. The molecule has 1 aromatic heterocycles. The summed E-state index contributed by atoms with van der Waals surface area (Å²) >= 11 is 6.05. The number of nitrogens with one attached hydrogen (secondary N) is 1. The fraction of sp³-hybridized carbons (Fsp3) is 0.179. The average molecular weight is 487 g/mol.